The Morgan fingerprint density at radius 1 is 1.24 bits per heavy atom. The average Bonchev–Trinajstić information content (AvgIpc) is 2.38. The van der Waals surface area contributed by atoms with Gasteiger partial charge in [0.05, 0.1) is 6.10 Å². The molecule has 0 aliphatic carbocycles. The van der Waals surface area contributed by atoms with Crippen molar-refractivity contribution >= 4 is 0 Å². The van der Waals surface area contributed by atoms with E-state index in [1.165, 1.54) is 18.4 Å². The van der Waals surface area contributed by atoms with E-state index in [0.29, 0.717) is 0 Å². The Bertz CT molecular complexity index is 305. The molecule has 1 N–H and O–H groups in total. The van der Waals surface area contributed by atoms with E-state index in [9.17, 15) is 5.11 Å². The molecule has 0 aromatic heterocycles. The lowest BCUT2D eigenvalue weighted by atomic mass is 9.92. The number of rotatable bonds is 8. The SMILES string of the molecule is C=C[C@H](CCCC)[C@H](O)CCc1ccccc1. The summed E-state index contributed by atoms with van der Waals surface area (Å²) in [6.45, 7) is 6.01. The topological polar surface area (TPSA) is 20.2 Å². The van der Waals surface area contributed by atoms with Crippen LogP contribution in [-0.4, -0.2) is 11.2 Å². The number of aliphatic hydroxyl groups is 1. The third kappa shape index (κ3) is 5.18. The highest BCUT2D eigenvalue weighted by atomic mass is 16.3. The number of aryl methyl sites for hydroxylation is 1. The van der Waals surface area contributed by atoms with Crippen LogP contribution in [-0.2, 0) is 6.42 Å². The quantitative estimate of drug-likeness (QED) is 0.672. The van der Waals surface area contributed by atoms with Crippen LogP contribution in [0.4, 0.5) is 0 Å². The maximum atomic E-state index is 10.1. The van der Waals surface area contributed by atoms with E-state index in [-0.39, 0.29) is 12.0 Å². The van der Waals surface area contributed by atoms with Gasteiger partial charge in [0.15, 0.2) is 0 Å². The van der Waals surface area contributed by atoms with Gasteiger partial charge in [0, 0.05) is 5.92 Å². The molecule has 0 aliphatic rings. The molecule has 0 fully saturated rings. The molecule has 0 radical (unpaired) electrons. The van der Waals surface area contributed by atoms with Crippen LogP contribution in [0.1, 0.15) is 38.2 Å². The summed E-state index contributed by atoms with van der Waals surface area (Å²) in [4.78, 5) is 0. The second-order valence-corrected chi connectivity index (χ2v) is 4.63. The monoisotopic (exact) mass is 232 g/mol. The van der Waals surface area contributed by atoms with Crippen LogP contribution in [0.2, 0.25) is 0 Å². The molecular weight excluding hydrogens is 208 g/mol. The van der Waals surface area contributed by atoms with Gasteiger partial charge in [-0.3, -0.25) is 0 Å². The van der Waals surface area contributed by atoms with Crippen molar-refractivity contribution in [2.45, 2.75) is 45.1 Å². The predicted octanol–water partition coefficient (Wildman–Crippen LogP) is 3.97. The maximum absolute atomic E-state index is 10.1. The highest BCUT2D eigenvalue weighted by Crippen LogP contribution is 2.18. The van der Waals surface area contributed by atoms with Crippen molar-refractivity contribution in [2.75, 3.05) is 0 Å². The molecule has 2 atom stereocenters. The summed E-state index contributed by atoms with van der Waals surface area (Å²) in [6, 6.07) is 10.3. The van der Waals surface area contributed by atoms with Gasteiger partial charge in [0.1, 0.15) is 0 Å². The molecule has 0 saturated carbocycles. The van der Waals surface area contributed by atoms with Crippen LogP contribution in [0, 0.1) is 5.92 Å². The molecule has 0 unspecified atom stereocenters. The first-order valence-corrected chi connectivity index (χ1v) is 6.62. The van der Waals surface area contributed by atoms with E-state index < -0.39 is 0 Å². The van der Waals surface area contributed by atoms with Crippen LogP contribution >= 0.6 is 0 Å². The van der Waals surface area contributed by atoms with Gasteiger partial charge in [0.2, 0.25) is 0 Å². The minimum Gasteiger partial charge on any atom is -0.393 e. The van der Waals surface area contributed by atoms with Gasteiger partial charge in [0.25, 0.3) is 0 Å². The van der Waals surface area contributed by atoms with E-state index in [4.69, 9.17) is 0 Å². The molecule has 1 rings (SSSR count). The first-order valence-electron chi connectivity index (χ1n) is 6.62. The van der Waals surface area contributed by atoms with Crippen LogP contribution in [0.5, 0.6) is 0 Å². The molecule has 1 nitrogen and oxygen atoms in total. The fourth-order valence-electron chi connectivity index (χ4n) is 2.08. The molecule has 0 heterocycles. The highest BCUT2D eigenvalue weighted by molar-refractivity contribution is 5.14. The van der Waals surface area contributed by atoms with Crippen molar-refractivity contribution in [1.29, 1.82) is 0 Å². The van der Waals surface area contributed by atoms with E-state index >= 15 is 0 Å². The molecule has 1 heteroatoms. The summed E-state index contributed by atoms with van der Waals surface area (Å²) < 4.78 is 0. The third-order valence-electron chi connectivity index (χ3n) is 3.26. The second-order valence-electron chi connectivity index (χ2n) is 4.63. The summed E-state index contributed by atoms with van der Waals surface area (Å²) >= 11 is 0. The number of unbranched alkanes of at least 4 members (excludes halogenated alkanes) is 1. The first-order chi connectivity index (χ1) is 8.27. The Hall–Kier alpha value is -1.08. The third-order valence-corrected chi connectivity index (χ3v) is 3.26. The van der Waals surface area contributed by atoms with Gasteiger partial charge in [-0.25, -0.2) is 0 Å². The van der Waals surface area contributed by atoms with Crippen molar-refractivity contribution < 1.29 is 5.11 Å². The number of hydrogen-bond donors (Lipinski definition) is 1. The van der Waals surface area contributed by atoms with Crippen molar-refractivity contribution in [1.82, 2.24) is 0 Å². The number of benzene rings is 1. The molecule has 0 bridgehead atoms. The molecule has 1 aromatic rings. The van der Waals surface area contributed by atoms with Crippen LogP contribution in [0.3, 0.4) is 0 Å². The Kier molecular flexibility index (Phi) is 6.64. The minimum atomic E-state index is -0.251. The lowest BCUT2D eigenvalue weighted by Gasteiger charge is -2.19. The maximum Gasteiger partial charge on any atom is 0.0605 e. The summed E-state index contributed by atoms with van der Waals surface area (Å²) in [5.74, 6) is 0.249. The predicted molar refractivity (Wildman–Crippen MR) is 74.0 cm³/mol. The lowest BCUT2D eigenvalue weighted by Crippen LogP contribution is -2.19. The van der Waals surface area contributed by atoms with E-state index in [1.807, 2.05) is 24.3 Å². The standard InChI is InChI=1S/C16H24O/c1-3-5-11-15(4-2)16(17)13-12-14-9-7-6-8-10-14/h4,6-10,15-17H,2-3,5,11-13H2,1H3/t15-,16-/m1/s1. The zero-order valence-electron chi connectivity index (χ0n) is 10.8. The molecule has 94 valence electrons. The Labute approximate surface area is 105 Å². The van der Waals surface area contributed by atoms with E-state index in [0.717, 1.165) is 19.3 Å². The Balaban J connectivity index is 2.36. The zero-order chi connectivity index (χ0) is 12.5. The number of hydrogen-bond acceptors (Lipinski definition) is 1. The van der Waals surface area contributed by atoms with E-state index in [2.05, 4.69) is 25.6 Å². The largest absolute Gasteiger partial charge is 0.393 e. The molecule has 17 heavy (non-hydrogen) atoms. The smallest absolute Gasteiger partial charge is 0.0605 e. The zero-order valence-corrected chi connectivity index (χ0v) is 10.8. The Morgan fingerprint density at radius 2 is 1.94 bits per heavy atom. The highest BCUT2D eigenvalue weighted by Gasteiger charge is 2.14. The first kappa shape index (κ1) is 14.0. The van der Waals surface area contributed by atoms with Crippen molar-refractivity contribution in [2.24, 2.45) is 5.92 Å². The van der Waals surface area contributed by atoms with Crippen LogP contribution in [0.15, 0.2) is 43.0 Å². The van der Waals surface area contributed by atoms with Crippen molar-refractivity contribution in [3.8, 4) is 0 Å². The summed E-state index contributed by atoms with van der Waals surface area (Å²) in [5.41, 5.74) is 1.30. The van der Waals surface area contributed by atoms with Crippen LogP contribution < -0.4 is 0 Å². The fourth-order valence-corrected chi connectivity index (χ4v) is 2.08. The lowest BCUT2D eigenvalue weighted by molar-refractivity contribution is 0.115. The summed E-state index contributed by atoms with van der Waals surface area (Å²) in [6.07, 6.45) is 6.82. The van der Waals surface area contributed by atoms with Gasteiger partial charge >= 0.3 is 0 Å². The summed E-state index contributed by atoms with van der Waals surface area (Å²) in [7, 11) is 0. The van der Waals surface area contributed by atoms with E-state index in [1.54, 1.807) is 0 Å². The normalized spacial score (nSPS) is 14.2. The van der Waals surface area contributed by atoms with Gasteiger partial charge in [-0.2, -0.15) is 0 Å². The second kappa shape index (κ2) is 8.08. The van der Waals surface area contributed by atoms with Crippen molar-refractivity contribution in [3.63, 3.8) is 0 Å². The fraction of sp³-hybridized carbons (Fsp3) is 0.500. The van der Waals surface area contributed by atoms with Gasteiger partial charge in [-0.05, 0) is 24.8 Å². The van der Waals surface area contributed by atoms with Gasteiger partial charge in [-0.1, -0.05) is 56.2 Å². The molecular formula is C16H24O. The molecule has 1 aromatic carbocycles. The minimum absolute atomic E-state index is 0.249. The summed E-state index contributed by atoms with van der Waals surface area (Å²) in [5, 5.41) is 10.1. The van der Waals surface area contributed by atoms with Gasteiger partial charge in [-0.15, -0.1) is 6.58 Å². The average molecular weight is 232 g/mol. The van der Waals surface area contributed by atoms with Crippen molar-refractivity contribution in [3.05, 3.63) is 48.6 Å². The molecule has 0 spiro atoms. The Morgan fingerprint density at radius 3 is 2.53 bits per heavy atom. The van der Waals surface area contributed by atoms with Gasteiger partial charge < -0.3 is 5.11 Å². The number of aliphatic hydroxyl groups excluding tert-OH is 1. The molecule has 0 saturated heterocycles. The molecule has 0 amide bonds. The molecule has 0 aliphatic heterocycles. The van der Waals surface area contributed by atoms with Crippen LogP contribution in [0.25, 0.3) is 0 Å².